The van der Waals surface area contributed by atoms with Gasteiger partial charge >= 0.3 is 5.97 Å². The van der Waals surface area contributed by atoms with Crippen LogP contribution in [0.1, 0.15) is 44.0 Å². The molecule has 0 aliphatic heterocycles. The lowest BCUT2D eigenvalue weighted by molar-refractivity contribution is -0.129. The smallest absolute Gasteiger partial charge is 0.341 e. The van der Waals surface area contributed by atoms with Crippen molar-refractivity contribution in [2.24, 2.45) is 0 Å². The third kappa shape index (κ3) is 4.52. The van der Waals surface area contributed by atoms with E-state index < -0.39 is 5.97 Å². The van der Waals surface area contributed by atoms with Gasteiger partial charge in [-0.3, -0.25) is 9.78 Å². The number of thiophene rings is 1. The summed E-state index contributed by atoms with van der Waals surface area (Å²) >= 11 is 1.51. The molecular formula is C19H27N3O3S. The minimum atomic E-state index is -0.413. The molecule has 0 fully saturated rings. The van der Waals surface area contributed by atoms with Crippen molar-refractivity contribution in [3.63, 3.8) is 0 Å². The Morgan fingerprint density at radius 3 is 2.50 bits per heavy atom. The Morgan fingerprint density at radius 1 is 1.19 bits per heavy atom. The monoisotopic (exact) mass is 377 g/mol. The zero-order chi connectivity index (χ0) is 19.1. The van der Waals surface area contributed by atoms with Gasteiger partial charge in [0.1, 0.15) is 5.56 Å². The molecule has 0 atom stereocenters. The molecule has 0 saturated carbocycles. The molecular weight excluding hydrogens is 350 g/mol. The van der Waals surface area contributed by atoms with E-state index in [4.69, 9.17) is 4.74 Å². The van der Waals surface area contributed by atoms with Gasteiger partial charge in [0.2, 0.25) is 5.91 Å². The van der Waals surface area contributed by atoms with Crippen LogP contribution in [0.4, 0.5) is 5.69 Å². The molecule has 0 aliphatic rings. The number of carbonyl (C=O) groups is 2. The van der Waals surface area contributed by atoms with Crippen LogP contribution in [0, 0.1) is 0 Å². The van der Waals surface area contributed by atoms with Gasteiger partial charge in [-0.1, -0.05) is 13.8 Å². The number of rotatable bonds is 9. The van der Waals surface area contributed by atoms with Gasteiger partial charge in [0.05, 0.1) is 29.1 Å². The number of carbonyl (C=O) groups excluding carboxylic acids is 2. The minimum Gasteiger partial charge on any atom is -0.462 e. The Balaban J connectivity index is 2.34. The number of nitrogens with zero attached hydrogens (tertiary/aromatic N) is 3. The third-order valence-corrected chi connectivity index (χ3v) is 4.95. The summed E-state index contributed by atoms with van der Waals surface area (Å²) in [7, 11) is 1.84. The molecule has 2 aromatic rings. The minimum absolute atomic E-state index is 0.0625. The second kappa shape index (κ2) is 9.52. The zero-order valence-corrected chi connectivity index (χ0v) is 16.8. The summed E-state index contributed by atoms with van der Waals surface area (Å²) < 4.78 is 6.07. The van der Waals surface area contributed by atoms with Gasteiger partial charge in [0, 0.05) is 26.3 Å². The molecule has 0 bridgehead atoms. The second-order valence-corrected chi connectivity index (χ2v) is 7.03. The van der Waals surface area contributed by atoms with Crippen molar-refractivity contribution in [1.29, 1.82) is 0 Å². The van der Waals surface area contributed by atoms with E-state index >= 15 is 0 Å². The molecule has 0 saturated heterocycles. The number of esters is 1. The van der Waals surface area contributed by atoms with Gasteiger partial charge in [-0.2, -0.15) is 0 Å². The quantitative estimate of drug-likeness (QED) is 0.625. The normalized spacial score (nSPS) is 10.8. The van der Waals surface area contributed by atoms with Gasteiger partial charge in [-0.25, -0.2) is 4.79 Å². The number of pyridine rings is 1. The van der Waals surface area contributed by atoms with E-state index in [1.807, 2.05) is 28.3 Å². The number of hydrogen-bond acceptors (Lipinski definition) is 6. The van der Waals surface area contributed by atoms with Crippen molar-refractivity contribution in [2.75, 3.05) is 38.2 Å². The number of likely N-dealkylation sites (N-methyl/N-ethyl adjacent to an activating group) is 1. The molecule has 26 heavy (non-hydrogen) atoms. The van der Waals surface area contributed by atoms with E-state index in [1.54, 1.807) is 13.1 Å². The lowest BCUT2D eigenvalue weighted by atomic mass is 10.2. The Labute approximate surface area is 158 Å². The maximum absolute atomic E-state index is 12.7. The summed E-state index contributed by atoms with van der Waals surface area (Å²) in [6.45, 7) is 7.90. The molecule has 0 aromatic carbocycles. The van der Waals surface area contributed by atoms with Gasteiger partial charge in [0.15, 0.2) is 0 Å². The Morgan fingerprint density at radius 2 is 1.88 bits per heavy atom. The highest BCUT2D eigenvalue weighted by Gasteiger charge is 2.23. The second-order valence-electron chi connectivity index (χ2n) is 6.11. The van der Waals surface area contributed by atoms with Crippen LogP contribution in [0.2, 0.25) is 0 Å². The SMILES string of the molecule is CCCN(CCC)C(=O)CN(C)c1c(C(=O)OCC)cnc2ccsc12. The van der Waals surface area contributed by atoms with Gasteiger partial charge in [-0.15, -0.1) is 11.3 Å². The van der Waals surface area contributed by atoms with Gasteiger partial charge < -0.3 is 14.5 Å². The predicted molar refractivity (Wildman–Crippen MR) is 106 cm³/mol. The van der Waals surface area contributed by atoms with E-state index in [9.17, 15) is 9.59 Å². The van der Waals surface area contributed by atoms with Crippen LogP contribution in [0.3, 0.4) is 0 Å². The van der Waals surface area contributed by atoms with Crippen LogP contribution in [-0.4, -0.2) is 55.0 Å². The molecule has 0 radical (unpaired) electrons. The number of ether oxygens (including phenoxy) is 1. The summed E-state index contributed by atoms with van der Waals surface area (Å²) in [5.74, 6) is -0.351. The largest absolute Gasteiger partial charge is 0.462 e. The molecule has 0 unspecified atom stereocenters. The molecule has 2 rings (SSSR count). The van der Waals surface area contributed by atoms with Crippen molar-refractivity contribution in [3.05, 3.63) is 23.2 Å². The van der Waals surface area contributed by atoms with Crippen LogP contribution >= 0.6 is 11.3 Å². The van der Waals surface area contributed by atoms with Crippen molar-refractivity contribution in [3.8, 4) is 0 Å². The Hall–Kier alpha value is -2.15. The molecule has 0 N–H and O–H groups in total. The molecule has 142 valence electrons. The number of hydrogen-bond donors (Lipinski definition) is 0. The van der Waals surface area contributed by atoms with Crippen LogP contribution in [0.25, 0.3) is 10.2 Å². The van der Waals surface area contributed by atoms with Crippen LogP contribution in [-0.2, 0) is 9.53 Å². The first-order valence-corrected chi connectivity index (χ1v) is 9.93. The van der Waals surface area contributed by atoms with Crippen molar-refractivity contribution in [1.82, 2.24) is 9.88 Å². The molecule has 2 aromatic heterocycles. The van der Waals surface area contributed by atoms with E-state index in [0.29, 0.717) is 17.9 Å². The Bertz CT molecular complexity index is 754. The van der Waals surface area contributed by atoms with Crippen LogP contribution < -0.4 is 4.90 Å². The predicted octanol–water partition coefficient (Wildman–Crippen LogP) is 3.56. The summed E-state index contributed by atoms with van der Waals surface area (Å²) in [5, 5.41) is 1.94. The number of amides is 1. The fourth-order valence-electron chi connectivity index (χ4n) is 2.92. The standard InChI is InChI=1S/C19H27N3O3S/c1-5-9-22(10-6-2)16(23)13-21(4)17-14(19(24)25-7-3)12-20-15-8-11-26-18(15)17/h8,11-12H,5-7,9-10,13H2,1-4H3. The van der Waals surface area contributed by atoms with E-state index in [0.717, 1.165) is 36.1 Å². The van der Waals surface area contributed by atoms with E-state index in [1.165, 1.54) is 11.3 Å². The first-order valence-electron chi connectivity index (χ1n) is 9.05. The van der Waals surface area contributed by atoms with Crippen molar-refractivity contribution in [2.45, 2.75) is 33.6 Å². The van der Waals surface area contributed by atoms with E-state index in [-0.39, 0.29) is 12.5 Å². The lowest BCUT2D eigenvalue weighted by Gasteiger charge is -2.27. The fourth-order valence-corrected chi connectivity index (χ4v) is 3.87. The zero-order valence-electron chi connectivity index (χ0n) is 15.9. The topological polar surface area (TPSA) is 62.7 Å². The fraction of sp³-hybridized carbons (Fsp3) is 0.526. The Kier molecular flexibility index (Phi) is 7.38. The number of aromatic nitrogens is 1. The van der Waals surface area contributed by atoms with Crippen LogP contribution in [0.15, 0.2) is 17.6 Å². The van der Waals surface area contributed by atoms with Gasteiger partial charge in [-0.05, 0) is 31.2 Å². The molecule has 6 nitrogen and oxygen atoms in total. The highest BCUT2D eigenvalue weighted by Crippen LogP contribution is 2.33. The first-order chi connectivity index (χ1) is 12.5. The average Bonchev–Trinajstić information content (AvgIpc) is 3.09. The molecule has 0 aliphatic carbocycles. The summed E-state index contributed by atoms with van der Waals surface area (Å²) in [5.41, 5.74) is 1.93. The molecule has 2 heterocycles. The highest BCUT2D eigenvalue weighted by molar-refractivity contribution is 7.17. The summed E-state index contributed by atoms with van der Waals surface area (Å²) in [6, 6.07) is 1.91. The van der Waals surface area contributed by atoms with Gasteiger partial charge in [0.25, 0.3) is 0 Å². The molecule has 0 spiro atoms. The van der Waals surface area contributed by atoms with Crippen LogP contribution in [0.5, 0.6) is 0 Å². The maximum atomic E-state index is 12.7. The number of fused-ring (bicyclic) bond motifs is 1. The summed E-state index contributed by atoms with van der Waals surface area (Å²) in [4.78, 5) is 33.2. The highest BCUT2D eigenvalue weighted by atomic mass is 32.1. The van der Waals surface area contributed by atoms with Crippen molar-refractivity contribution >= 4 is 39.1 Å². The molecule has 1 amide bonds. The summed E-state index contributed by atoms with van der Waals surface area (Å²) in [6.07, 6.45) is 3.39. The average molecular weight is 378 g/mol. The molecule has 7 heteroatoms. The lowest BCUT2D eigenvalue weighted by Crippen LogP contribution is -2.40. The maximum Gasteiger partial charge on any atom is 0.341 e. The first kappa shape index (κ1) is 20.2. The van der Waals surface area contributed by atoms with Crippen molar-refractivity contribution < 1.29 is 14.3 Å². The van der Waals surface area contributed by atoms with E-state index in [2.05, 4.69) is 18.8 Å². The third-order valence-electron chi connectivity index (χ3n) is 4.04. The number of anilines is 1.